The highest BCUT2D eigenvalue weighted by Gasteiger charge is 2.38. The monoisotopic (exact) mass is 688 g/mol. The lowest BCUT2D eigenvalue weighted by molar-refractivity contribution is -0.138. The standard InChI is InChI=1S/C31H52N4O11S/c1-6-23(3)31(4,7-2)46-30(41)45-20-19-44-16-11-33-26(37)9-14-42-17-18-43-15-12-34-27(38)10-21-47-24-22-28(39)35(29(24)40)13-8-25(36)32-5/h7,23-24H,2,6,8-22H2,1,3-5H3,(H,32,36)(H,33,37)(H,34,38)/t23-,24?,31?/m1/s1. The van der Waals surface area contributed by atoms with Crippen molar-refractivity contribution in [1.82, 2.24) is 20.9 Å². The molecule has 268 valence electrons. The van der Waals surface area contributed by atoms with Crippen molar-refractivity contribution >= 4 is 47.5 Å². The second-order valence-corrected chi connectivity index (χ2v) is 12.1. The number of nitrogens with zero attached hydrogens (tertiary/aromatic N) is 1. The molecule has 1 fully saturated rings. The van der Waals surface area contributed by atoms with Crippen LogP contribution in [0, 0.1) is 5.92 Å². The van der Waals surface area contributed by atoms with Crippen LogP contribution in [0.15, 0.2) is 12.7 Å². The molecule has 3 N–H and O–H groups in total. The topological polar surface area (TPSA) is 188 Å². The first-order valence-electron chi connectivity index (χ1n) is 15.9. The van der Waals surface area contributed by atoms with Gasteiger partial charge in [0.2, 0.25) is 29.5 Å². The van der Waals surface area contributed by atoms with E-state index in [1.54, 1.807) is 13.0 Å². The summed E-state index contributed by atoms with van der Waals surface area (Å²) < 4.78 is 26.6. The zero-order chi connectivity index (χ0) is 35.1. The van der Waals surface area contributed by atoms with Crippen LogP contribution >= 0.6 is 11.8 Å². The minimum Gasteiger partial charge on any atom is -0.432 e. The Bertz CT molecular complexity index is 1030. The van der Waals surface area contributed by atoms with Crippen LogP contribution in [0.25, 0.3) is 0 Å². The maximum atomic E-state index is 12.4. The molecule has 1 saturated heterocycles. The van der Waals surface area contributed by atoms with Crippen molar-refractivity contribution in [3.05, 3.63) is 12.7 Å². The molecule has 0 aliphatic carbocycles. The van der Waals surface area contributed by atoms with Gasteiger partial charge in [-0.25, -0.2) is 4.79 Å². The van der Waals surface area contributed by atoms with Crippen molar-refractivity contribution in [3.63, 3.8) is 0 Å². The number of nitrogens with one attached hydrogen (secondary N) is 3. The highest BCUT2D eigenvalue weighted by molar-refractivity contribution is 8.00. The van der Waals surface area contributed by atoms with Crippen LogP contribution in [0.4, 0.5) is 4.79 Å². The molecule has 1 aliphatic heterocycles. The molecule has 3 atom stereocenters. The Hall–Kier alpha value is -3.21. The molecule has 0 radical (unpaired) electrons. The van der Waals surface area contributed by atoms with Crippen molar-refractivity contribution in [2.24, 2.45) is 5.92 Å². The van der Waals surface area contributed by atoms with E-state index in [-0.39, 0.29) is 101 Å². The van der Waals surface area contributed by atoms with Crippen LogP contribution in [-0.2, 0) is 47.7 Å². The summed E-state index contributed by atoms with van der Waals surface area (Å²) in [7, 11) is 1.49. The van der Waals surface area contributed by atoms with Crippen molar-refractivity contribution in [2.45, 2.75) is 63.7 Å². The zero-order valence-electron chi connectivity index (χ0n) is 28.1. The molecule has 5 amide bonds. The minimum atomic E-state index is -0.804. The normalized spacial score (nSPS) is 16.3. The summed E-state index contributed by atoms with van der Waals surface area (Å²) in [6, 6.07) is 0. The molecule has 2 unspecified atom stereocenters. The maximum absolute atomic E-state index is 12.4. The molecule has 0 spiro atoms. The fourth-order valence-electron chi connectivity index (χ4n) is 4.08. The van der Waals surface area contributed by atoms with Gasteiger partial charge in [-0.3, -0.25) is 28.9 Å². The Morgan fingerprint density at radius 2 is 1.53 bits per heavy atom. The zero-order valence-corrected chi connectivity index (χ0v) is 28.9. The molecule has 0 aromatic heterocycles. The molecule has 16 heteroatoms. The number of ether oxygens (including phenoxy) is 5. The van der Waals surface area contributed by atoms with E-state index in [9.17, 15) is 28.8 Å². The van der Waals surface area contributed by atoms with Crippen LogP contribution in [0.2, 0.25) is 0 Å². The number of amides is 5. The van der Waals surface area contributed by atoms with E-state index in [2.05, 4.69) is 22.5 Å². The molecule has 0 bridgehead atoms. The van der Waals surface area contributed by atoms with E-state index >= 15 is 0 Å². The van der Waals surface area contributed by atoms with E-state index in [1.807, 2.05) is 13.8 Å². The van der Waals surface area contributed by atoms with Gasteiger partial charge in [0.05, 0.1) is 44.9 Å². The van der Waals surface area contributed by atoms with Gasteiger partial charge >= 0.3 is 6.16 Å². The smallest absolute Gasteiger partial charge is 0.432 e. The SMILES string of the molecule is C=CC(C)(OC(=O)OCCOCCNC(=O)CCOCCOCCNC(=O)CCSC1CC(=O)N(CCC(=O)NC)C1=O)[C@H](C)CC. The van der Waals surface area contributed by atoms with E-state index in [0.717, 1.165) is 11.3 Å². The van der Waals surface area contributed by atoms with Gasteiger partial charge in [-0.05, 0) is 25.3 Å². The first-order chi connectivity index (χ1) is 22.5. The van der Waals surface area contributed by atoms with Crippen molar-refractivity contribution < 1.29 is 52.5 Å². The summed E-state index contributed by atoms with van der Waals surface area (Å²) in [5, 5.41) is 7.36. The van der Waals surface area contributed by atoms with Crippen LogP contribution in [0.1, 0.15) is 52.9 Å². The highest BCUT2D eigenvalue weighted by Crippen LogP contribution is 2.27. The van der Waals surface area contributed by atoms with Crippen LogP contribution in [-0.4, -0.2) is 130 Å². The Kier molecular flexibility index (Phi) is 21.4. The van der Waals surface area contributed by atoms with E-state index < -0.39 is 17.0 Å². The average Bonchev–Trinajstić information content (AvgIpc) is 3.32. The summed E-state index contributed by atoms with van der Waals surface area (Å²) >= 11 is 1.26. The van der Waals surface area contributed by atoms with Gasteiger partial charge in [0.15, 0.2) is 0 Å². The van der Waals surface area contributed by atoms with Crippen molar-refractivity contribution in [3.8, 4) is 0 Å². The molecular weight excluding hydrogens is 636 g/mol. The Morgan fingerprint density at radius 3 is 2.13 bits per heavy atom. The summed E-state index contributed by atoms with van der Waals surface area (Å²) in [4.78, 5) is 72.8. The summed E-state index contributed by atoms with van der Waals surface area (Å²) in [6.07, 6.45) is 2.14. The second kappa shape index (κ2) is 24.0. The van der Waals surface area contributed by atoms with Crippen LogP contribution in [0.3, 0.4) is 0 Å². The number of hydrogen-bond acceptors (Lipinski definition) is 12. The van der Waals surface area contributed by atoms with Gasteiger partial charge in [-0.1, -0.05) is 20.4 Å². The third-order valence-electron chi connectivity index (χ3n) is 7.42. The first-order valence-corrected chi connectivity index (χ1v) is 16.9. The van der Waals surface area contributed by atoms with E-state index in [1.165, 1.54) is 18.8 Å². The predicted octanol–water partition coefficient (Wildman–Crippen LogP) is 1.19. The molecule has 0 saturated carbocycles. The van der Waals surface area contributed by atoms with Crippen LogP contribution in [0.5, 0.6) is 0 Å². The molecule has 15 nitrogen and oxygen atoms in total. The lowest BCUT2D eigenvalue weighted by atomic mass is 9.89. The van der Waals surface area contributed by atoms with Gasteiger partial charge in [-0.2, -0.15) is 0 Å². The number of carbonyl (C=O) groups excluding carboxylic acids is 6. The summed E-state index contributed by atoms with van der Waals surface area (Å²) in [5.41, 5.74) is -0.804. The van der Waals surface area contributed by atoms with Crippen LogP contribution < -0.4 is 16.0 Å². The van der Waals surface area contributed by atoms with Gasteiger partial charge < -0.3 is 39.6 Å². The fourth-order valence-corrected chi connectivity index (χ4v) is 5.20. The lowest BCUT2D eigenvalue weighted by Gasteiger charge is -2.31. The van der Waals surface area contributed by atoms with Crippen molar-refractivity contribution in [2.75, 3.05) is 78.7 Å². The fraction of sp³-hybridized carbons (Fsp3) is 0.742. The summed E-state index contributed by atoms with van der Waals surface area (Å²) in [6.45, 7) is 11.7. The number of rotatable bonds is 26. The largest absolute Gasteiger partial charge is 0.509 e. The first kappa shape index (κ1) is 41.8. The average molecular weight is 689 g/mol. The summed E-state index contributed by atoms with van der Waals surface area (Å²) in [5.74, 6) is -0.769. The Labute approximate surface area is 281 Å². The molecule has 1 aliphatic rings. The Balaban J connectivity index is 1.95. The Morgan fingerprint density at radius 1 is 0.936 bits per heavy atom. The van der Waals surface area contributed by atoms with Crippen molar-refractivity contribution in [1.29, 1.82) is 0 Å². The molecule has 47 heavy (non-hydrogen) atoms. The molecular formula is C31H52N4O11S. The third kappa shape index (κ3) is 17.5. The maximum Gasteiger partial charge on any atom is 0.509 e. The van der Waals surface area contributed by atoms with Gasteiger partial charge in [0.1, 0.15) is 12.2 Å². The second-order valence-electron chi connectivity index (χ2n) is 10.8. The molecule has 0 aromatic rings. The third-order valence-corrected chi connectivity index (χ3v) is 8.63. The van der Waals surface area contributed by atoms with E-state index in [0.29, 0.717) is 32.1 Å². The number of carbonyl (C=O) groups is 6. The molecule has 0 aromatic carbocycles. The quantitative estimate of drug-likeness (QED) is 0.0511. The number of likely N-dealkylation sites (tertiary alicyclic amines) is 1. The van der Waals surface area contributed by atoms with E-state index in [4.69, 9.17) is 23.7 Å². The molecule has 1 heterocycles. The minimum absolute atomic E-state index is 0.0265. The number of thioether (sulfide) groups is 1. The number of hydrogen-bond donors (Lipinski definition) is 3. The molecule has 1 rings (SSSR count). The number of imide groups is 1. The van der Waals surface area contributed by atoms with Gasteiger partial charge in [0.25, 0.3) is 0 Å². The van der Waals surface area contributed by atoms with Gasteiger partial charge in [0, 0.05) is 58.1 Å². The highest BCUT2D eigenvalue weighted by atomic mass is 32.2. The lowest BCUT2D eigenvalue weighted by Crippen LogP contribution is -2.36. The predicted molar refractivity (Wildman–Crippen MR) is 174 cm³/mol. The van der Waals surface area contributed by atoms with Gasteiger partial charge in [-0.15, -0.1) is 11.8 Å².